The van der Waals surface area contributed by atoms with E-state index in [-0.39, 0.29) is 0 Å². The molecular weight excluding hydrogens is 1870 g/mol. The molecule has 3 nitrogen and oxygen atoms in total. The number of hydrogen-bond donors (Lipinski definition) is 0. The molecule has 6 heterocycles. The third-order valence-electron chi connectivity index (χ3n) is 31.3. The van der Waals surface area contributed by atoms with E-state index < -0.39 is 0 Å². The van der Waals surface area contributed by atoms with Gasteiger partial charge in [0.2, 0.25) is 0 Å². The van der Waals surface area contributed by atoms with E-state index in [1.165, 1.54) is 279 Å². The van der Waals surface area contributed by atoms with E-state index in [1.54, 1.807) is 0 Å². The maximum atomic E-state index is 6.46. The van der Waals surface area contributed by atoms with Gasteiger partial charge in [-0.25, -0.2) is 0 Å². The number of thiophene rings is 3. The summed E-state index contributed by atoms with van der Waals surface area (Å²) in [6.45, 7) is 0. The summed E-state index contributed by atoms with van der Waals surface area (Å²) in [4.78, 5) is 0. The van der Waals surface area contributed by atoms with Gasteiger partial charge in [-0.2, -0.15) is 0 Å². The molecular formula is C144H84O3S3. The number of furan rings is 3. The van der Waals surface area contributed by atoms with Gasteiger partial charge in [-0.15, -0.1) is 34.0 Å². The Kier molecular flexibility index (Phi) is 19.7. The van der Waals surface area contributed by atoms with Crippen LogP contribution in [0.25, 0.3) is 323 Å². The van der Waals surface area contributed by atoms with Crippen molar-refractivity contribution in [2.45, 2.75) is 0 Å². The largest absolute Gasteiger partial charge is 0.456 e. The van der Waals surface area contributed by atoms with Gasteiger partial charge < -0.3 is 13.3 Å². The molecule has 0 aliphatic rings. The fourth-order valence-corrected chi connectivity index (χ4v) is 28.0. The SMILES string of the molecule is c1ccc(-c2c3ccccc3c(-c3cccc(-c4ccc5oc6cc7ccc8c9ccccc9sc8c7cc6c5c4)c3)c3ccccc23)cc1.c1ccc(-c2c3ccccc3c(-c3cccc(-c4ccc5sc6cc7cc8c(cc7cc6c5c4)oc4ccccc48)c3)c3ccccc23)cc1.c1ccc(-c2c3ccccc3c(-c3cccc(-c4ccc5sc6cc7ccc8oc9ccccc9c8c7cc6c5c4)c3)c3ccccc23)cc1. The first kappa shape index (κ1) is 85.7. The summed E-state index contributed by atoms with van der Waals surface area (Å²) in [5.74, 6) is 0. The van der Waals surface area contributed by atoms with Crippen LogP contribution in [0.5, 0.6) is 0 Å². The second-order valence-electron chi connectivity index (χ2n) is 39.7. The summed E-state index contributed by atoms with van der Waals surface area (Å²) >= 11 is 5.62. The van der Waals surface area contributed by atoms with Gasteiger partial charge in [-0.05, 0) is 319 Å². The van der Waals surface area contributed by atoms with Gasteiger partial charge in [0.05, 0.1) is 0 Å². The molecule has 33 aromatic rings. The molecule has 0 bridgehead atoms. The Labute approximate surface area is 873 Å². The first-order chi connectivity index (χ1) is 74.3. The van der Waals surface area contributed by atoms with Crippen molar-refractivity contribution in [1.82, 2.24) is 0 Å². The molecule has 0 fully saturated rings. The summed E-state index contributed by atoms with van der Waals surface area (Å²) in [5.41, 5.74) is 27.9. The van der Waals surface area contributed by atoms with Gasteiger partial charge in [0.15, 0.2) is 0 Å². The highest BCUT2D eigenvalue weighted by molar-refractivity contribution is 7.27. The molecule has 0 radical (unpaired) electrons. The van der Waals surface area contributed by atoms with Gasteiger partial charge in [0, 0.05) is 98.2 Å². The third kappa shape index (κ3) is 13.9. The summed E-state index contributed by atoms with van der Waals surface area (Å²) < 4.78 is 26.8. The highest BCUT2D eigenvalue weighted by Crippen LogP contribution is 2.53. The highest BCUT2D eigenvalue weighted by atomic mass is 32.1. The molecule has 696 valence electrons. The lowest BCUT2D eigenvalue weighted by Crippen LogP contribution is -1.91. The standard InChI is InChI=1S/3C48H28OS/c1-2-11-29(12-3-1)46-35-16-4-6-18-37(35)47(38-19-7-5-17-36(38)46)33-14-10-13-30(25-33)31-22-24-43-41(26-31)42-28-40-32(27-44(42)49-43)21-23-39-34-15-8-9-20-45(34)50-48(39)40;1-2-11-29(12-3-1)47-36-16-4-6-18-38(36)48(39-19-7-5-17-37(39)47)32-14-10-13-30(23-32)31-21-22-45-41(24-31)42-26-33-27-44-40(25-34(33)28-46(42)50-45)35-15-8-9-20-43(35)49-44;1-2-11-29(12-3-1)46-34-15-4-6-17-36(34)47(37-18-7-5-16-35(37)46)33-14-10-13-30(25-33)31-22-24-44-40(26-31)41-28-39-32(27-45(41)50-44)21-23-43-48(39)38-19-8-9-20-42(38)49-43/h3*1-28H. The first-order valence-corrected chi connectivity index (χ1v) is 53.7. The van der Waals surface area contributed by atoms with E-state index in [9.17, 15) is 0 Å². The molecule has 0 spiro atoms. The molecule has 0 saturated carbocycles. The Hall–Kier alpha value is -18.7. The van der Waals surface area contributed by atoms with Crippen LogP contribution in [0.15, 0.2) is 523 Å². The van der Waals surface area contributed by atoms with Crippen LogP contribution >= 0.6 is 34.0 Å². The normalized spacial score (nSPS) is 12.0. The smallest absolute Gasteiger partial charge is 0.136 e. The Balaban J connectivity index is 0.000000101. The number of para-hydroxylation sites is 2. The summed E-state index contributed by atoms with van der Waals surface area (Å²) in [6, 6.07) is 186. The average molecular weight is 1960 g/mol. The lowest BCUT2D eigenvalue weighted by atomic mass is 9.85. The predicted octanol–water partition coefficient (Wildman–Crippen LogP) is 43.2. The molecule has 150 heavy (non-hydrogen) atoms. The minimum absolute atomic E-state index is 0.913. The molecule has 0 saturated heterocycles. The monoisotopic (exact) mass is 1960 g/mol. The molecule has 0 amide bonds. The number of fused-ring (bicyclic) bond motifs is 29. The van der Waals surface area contributed by atoms with E-state index in [4.69, 9.17) is 13.3 Å². The van der Waals surface area contributed by atoms with Gasteiger partial charge in [0.1, 0.15) is 33.5 Å². The maximum absolute atomic E-state index is 6.46. The average Bonchev–Trinajstić information content (AvgIpc) is 1.70. The van der Waals surface area contributed by atoms with Crippen LogP contribution in [0.1, 0.15) is 0 Å². The van der Waals surface area contributed by atoms with Gasteiger partial charge in [-0.1, -0.05) is 382 Å². The van der Waals surface area contributed by atoms with Gasteiger partial charge in [0.25, 0.3) is 0 Å². The lowest BCUT2D eigenvalue weighted by molar-refractivity contribution is 0.669. The van der Waals surface area contributed by atoms with Crippen LogP contribution < -0.4 is 0 Å². The quantitative estimate of drug-likeness (QED) is 0.135. The van der Waals surface area contributed by atoms with Crippen molar-refractivity contribution in [3.8, 4) is 100 Å². The minimum atomic E-state index is 0.913. The fourth-order valence-electron chi connectivity index (χ4n) is 24.5. The molecule has 0 aliphatic carbocycles. The molecule has 0 unspecified atom stereocenters. The zero-order chi connectivity index (χ0) is 98.3. The number of benzene rings is 27. The van der Waals surface area contributed by atoms with Crippen LogP contribution in [0.3, 0.4) is 0 Å². The summed E-state index contributed by atoms with van der Waals surface area (Å²) in [7, 11) is 0. The van der Waals surface area contributed by atoms with E-state index in [2.05, 4.69) is 491 Å². The van der Waals surface area contributed by atoms with Crippen LogP contribution in [-0.4, -0.2) is 0 Å². The van der Waals surface area contributed by atoms with Crippen molar-refractivity contribution in [2.24, 2.45) is 0 Å². The molecule has 0 aliphatic heterocycles. The Morgan fingerprint density at radius 1 is 0.113 bits per heavy atom. The van der Waals surface area contributed by atoms with Crippen molar-refractivity contribution in [3.05, 3.63) is 510 Å². The Morgan fingerprint density at radius 3 is 0.873 bits per heavy atom. The van der Waals surface area contributed by atoms with E-state index in [0.717, 1.165) is 44.3 Å². The molecule has 6 aromatic heterocycles. The molecule has 6 heteroatoms. The highest BCUT2D eigenvalue weighted by Gasteiger charge is 2.26. The van der Waals surface area contributed by atoms with Crippen molar-refractivity contribution in [2.75, 3.05) is 0 Å². The molecule has 0 N–H and O–H groups in total. The third-order valence-corrected chi connectivity index (χ3v) is 34.7. The summed E-state index contributed by atoms with van der Waals surface area (Å²) in [5, 5.41) is 37.5. The second kappa shape index (κ2) is 34.5. The Morgan fingerprint density at radius 2 is 0.400 bits per heavy atom. The first-order valence-electron chi connectivity index (χ1n) is 51.2. The van der Waals surface area contributed by atoms with E-state index in [1.807, 2.05) is 52.2 Å². The second-order valence-corrected chi connectivity index (χ2v) is 42.9. The van der Waals surface area contributed by atoms with Crippen LogP contribution in [0.4, 0.5) is 0 Å². The molecule has 0 atom stereocenters. The maximum Gasteiger partial charge on any atom is 0.136 e. The fraction of sp³-hybridized carbons (Fsp3) is 0. The van der Waals surface area contributed by atoms with Gasteiger partial charge in [-0.3, -0.25) is 0 Å². The van der Waals surface area contributed by atoms with Crippen molar-refractivity contribution in [3.63, 3.8) is 0 Å². The minimum Gasteiger partial charge on any atom is -0.456 e. The number of hydrogen-bond acceptors (Lipinski definition) is 6. The van der Waals surface area contributed by atoms with Crippen molar-refractivity contribution in [1.29, 1.82) is 0 Å². The van der Waals surface area contributed by atoms with Crippen LogP contribution in [-0.2, 0) is 0 Å². The zero-order valence-corrected chi connectivity index (χ0v) is 83.4. The Bertz CT molecular complexity index is 11300. The summed E-state index contributed by atoms with van der Waals surface area (Å²) in [6.07, 6.45) is 0. The van der Waals surface area contributed by atoms with E-state index >= 15 is 0 Å². The number of rotatable bonds is 9. The van der Waals surface area contributed by atoms with Crippen molar-refractivity contribution >= 4 is 257 Å². The molecule has 27 aromatic carbocycles. The topological polar surface area (TPSA) is 39.4 Å². The van der Waals surface area contributed by atoms with Gasteiger partial charge >= 0.3 is 0 Å². The molecule has 33 rings (SSSR count). The lowest BCUT2D eigenvalue weighted by Gasteiger charge is -2.18. The van der Waals surface area contributed by atoms with Crippen LogP contribution in [0, 0.1) is 0 Å². The van der Waals surface area contributed by atoms with E-state index in [0.29, 0.717) is 0 Å². The zero-order valence-electron chi connectivity index (χ0n) is 80.9. The predicted molar refractivity (Wildman–Crippen MR) is 646 cm³/mol. The van der Waals surface area contributed by atoms with Crippen LogP contribution in [0.2, 0.25) is 0 Å². The van der Waals surface area contributed by atoms with Crippen molar-refractivity contribution < 1.29 is 13.3 Å².